The summed E-state index contributed by atoms with van der Waals surface area (Å²) in [6.45, 7) is 2.42. The molecule has 1 fully saturated rings. The Morgan fingerprint density at radius 1 is 1.43 bits per heavy atom. The van der Waals surface area contributed by atoms with Crippen LogP contribution >= 0.6 is 23.2 Å². The summed E-state index contributed by atoms with van der Waals surface area (Å²) in [7, 11) is 0. The lowest BCUT2D eigenvalue weighted by atomic mass is 10.2. The third-order valence-electron chi connectivity index (χ3n) is 3.88. The van der Waals surface area contributed by atoms with Crippen molar-refractivity contribution >= 4 is 40.0 Å². The molecule has 1 aromatic heterocycles. The smallest absolute Gasteiger partial charge is 0.272 e. The number of rotatable bonds is 1. The highest BCUT2D eigenvalue weighted by atomic mass is 35.5. The van der Waals surface area contributed by atoms with Crippen LogP contribution in [0.5, 0.6) is 0 Å². The Labute approximate surface area is 131 Å². The minimum absolute atomic E-state index is 0.0341. The van der Waals surface area contributed by atoms with Crippen molar-refractivity contribution in [3.05, 3.63) is 33.7 Å². The molecule has 0 radical (unpaired) electrons. The van der Waals surface area contributed by atoms with Crippen LogP contribution in [0.1, 0.15) is 23.8 Å². The van der Waals surface area contributed by atoms with Crippen LogP contribution in [0.25, 0.3) is 10.9 Å². The zero-order valence-electron chi connectivity index (χ0n) is 11.3. The highest BCUT2D eigenvalue weighted by molar-refractivity contribution is 6.44. The second-order valence-electron chi connectivity index (χ2n) is 5.40. The first-order valence-corrected chi connectivity index (χ1v) is 7.37. The van der Waals surface area contributed by atoms with Crippen molar-refractivity contribution in [2.24, 2.45) is 5.73 Å². The van der Waals surface area contributed by atoms with E-state index in [0.29, 0.717) is 17.4 Å². The van der Waals surface area contributed by atoms with Gasteiger partial charge in [-0.1, -0.05) is 23.2 Å². The Morgan fingerprint density at radius 2 is 2.14 bits per heavy atom. The second-order valence-corrected chi connectivity index (χ2v) is 6.16. The molecule has 0 unspecified atom stereocenters. The van der Waals surface area contributed by atoms with Gasteiger partial charge in [-0.15, -0.1) is 0 Å². The van der Waals surface area contributed by atoms with Gasteiger partial charge in [0.25, 0.3) is 5.91 Å². The Hall–Kier alpha value is -1.30. The summed E-state index contributed by atoms with van der Waals surface area (Å²) in [5.74, 6) is -0.811. The van der Waals surface area contributed by atoms with Gasteiger partial charge in [-0.25, -0.2) is 4.39 Å². The number of nitrogens with two attached hydrogens (primary N) is 1. The Balaban J connectivity index is 2.07. The normalized spacial score (nSPS) is 22.2. The number of fused-ring (bicyclic) bond motifs is 1. The number of amides is 1. The van der Waals surface area contributed by atoms with E-state index in [0.717, 1.165) is 6.42 Å². The van der Waals surface area contributed by atoms with Crippen molar-refractivity contribution in [2.75, 3.05) is 6.54 Å². The first kappa shape index (κ1) is 14.6. The number of aromatic amines is 1. The maximum atomic E-state index is 13.5. The molecule has 1 saturated heterocycles. The molecule has 1 aliphatic rings. The third kappa shape index (κ3) is 2.29. The molecule has 3 rings (SSSR count). The van der Waals surface area contributed by atoms with Crippen molar-refractivity contribution in [1.29, 1.82) is 0 Å². The van der Waals surface area contributed by atoms with Crippen LogP contribution in [0.3, 0.4) is 0 Å². The quantitative estimate of drug-likeness (QED) is 0.844. The predicted molar refractivity (Wildman–Crippen MR) is 81.4 cm³/mol. The van der Waals surface area contributed by atoms with Gasteiger partial charge < -0.3 is 15.6 Å². The lowest BCUT2D eigenvalue weighted by molar-refractivity contribution is 0.0741. The number of hydrogen-bond donors (Lipinski definition) is 2. The molecule has 0 aliphatic carbocycles. The summed E-state index contributed by atoms with van der Waals surface area (Å²) in [5.41, 5.74) is 6.64. The summed E-state index contributed by atoms with van der Waals surface area (Å²) >= 11 is 12.2. The van der Waals surface area contributed by atoms with E-state index in [2.05, 4.69) is 4.98 Å². The summed E-state index contributed by atoms with van der Waals surface area (Å²) in [4.78, 5) is 17.2. The molecule has 2 aromatic rings. The van der Waals surface area contributed by atoms with E-state index >= 15 is 0 Å². The summed E-state index contributed by atoms with van der Waals surface area (Å²) in [6.07, 6.45) is 0.749. The summed E-state index contributed by atoms with van der Waals surface area (Å²) in [5, 5.41) is 0.393. The molecule has 2 heterocycles. The van der Waals surface area contributed by atoms with E-state index in [1.54, 1.807) is 4.90 Å². The predicted octanol–water partition coefficient (Wildman–Crippen LogP) is 3.18. The second kappa shape index (κ2) is 5.16. The highest BCUT2D eigenvalue weighted by Gasteiger charge is 2.33. The zero-order chi connectivity index (χ0) is 15.3. The maximum absolute atomic E-state index is 13.5. The van der Waals surface area contributed by atoms with Crippen LogP contribution in [0.2, 0.25) is 10.0 Å². The van der Waals surface area contributed by atoms with Gasteiger partial charge in [0, 0.05) is 29.5 Å². The molecule has 3 N–H and O–H groups in total. The number of carbonyl (C=O) groups excluding carboxylic acids is 1. The number of hydrogen-bond acceptors (Lipinski definition) is 2. The van der Waals surface area contributed by atoms with Crippen LogP contribution in [-0.4, -0.2) is 34.4 Å². The van der Waals surface area contributed by atoms with Crippen molar-refractivity contribution in [2.45, 2.75) is 25.4 Å². The average Bonchev–Trinajstić information content (AvgIpc) is 2.94. The fraction of sp³-hybridized carbons (Fsp3) is 0.357. The number of H-pyrrole nitrogens is 1. The largest absolute Gasteiger partial charge is 0.349 e. The molecule has 21 heavy (non-hydrogen) atoms. The molecule has 0 spiro atoms. The van der Waals surface area contributed by atoms with Crippen LogP contribution in [0, 0.1) is 5.82 Å². The number of carbonyl (C=O) groups is 1. The Morgan fingerprint density at radius 3 is 2.76 bits per heavy atom. The third-order valence-corrected chi connectivity index (χ3v) is 4.62. The topological polar surface area (TPSA) is 62.1 Å². The monoisotopic (exact) mass is 329 g/mol. The average molecular weight is 330 g/mol. The molecule has 0 saturated carbocycles. The molecule has 7 heteroatoms. The number of aromatic nitrogens is 1. The van der Waals surface area contributed by atoms with Gasteiger partial charge in [0.1, 0.15) is 11.5 Å². The molecular formula is C14H14Cl2FN3O. The molecule has 1 aliphatic heterocycles. The van der Waals surface area contributed by atoms with Gasteiger partial charge >= 0.3 is 0 Å². The van der Waals surface area contributed by atoms with Gasteiger partial charge in [-0.3, -0.25) is 4.79 Å². The van der Waals surface area contributed by atoms with Crippen molar-refractivity contribution in [1.82, 2.24) is 9.88 Å². The van der Waals surface area contributed by atoms with E-state index in [-0.39, 0.29) is 33.7 Å². The van der Waals surface area contributed by atoms with Crippen LogP contribution < -0.4 is 5.73 Å². The van der Waals surface area contributed by atoms with Crippen LogP contribution in [-0.2, 0) is 0 Å². The minimum Gasteiger partial charge on any atom is -0.349 e. The fourth-order valence-corrected chi connectivity index (χ4v) is 3.46. The fourth-order valence-electron chi connectivity index (χ4n) is 2.83. The minimum atomic E-state index is -0.569. The summed E-state index contributed by atoms with van der Waals surface area (Å²) in [6, 6.07) is 2.76. The lowest BCUT2D eigenvalue weighted by Gasteiger charge is -2.20. The first-order valence-electron chi connectivity index (χ1n) is 6.62. The number of nitrogens with zero attached hydrogens (tertiary/aromatic N) is 1. The molecule has 1 amide bonds. The molecule has 2 atom stereocenters. The molecule has 4 nitrogen and oxygen atoms in total. The molecule has 1 aromatic carbocycles. The maximum Gasteiger partial charge on any atom is 0.272 e. The van der Waals surface area contributed by atoms with Gasteiger partial charge in [0.05, 0.1) is 10.0 Å². The van der Waals surface area contributed by atoms with Crippen molar-refractivity contribution in [3.8, 4) is 0 Å². The first-order chi connectivity index (χ1) is 9.90. The van der Waals surface area contributed by atoms with E-state index < -0.39 is 5.82 Å². The van der Waals surface area contributed by atoms with E-state index in [1.165, 1.54) is 12.1 Å². The number of likely N-dealkylation sites (tertiary alicyclic amines) is 1. The lowest BCUT2D eigenvalue weighted by Crippen LogP contribution is -2.35. The SMILES string of the molecule is C[C@H]1C[C@@H](N)CN1C(=O)c1[nH]c2ccc(F)c(Cl)c2c1Cl. The number of halogens is 3. The molecular weight excluding hydrogens is 316 g/mol. The van der Waals surface area contributed by atoms with Crippen LogP contribution in [0.4, 0.5) is 4.39 Å². The summed E-state index contributed by atoms with van der Waals surface area (Å²) < 4.78 is 13.5. The zero-order valence-corrected chi connectivity index (χ0v) is 12.8. The van der Waals surface area contributed by atoms with E-state index in [4.69, 9.17) is 28.9 Å². The van der Waals surface area contributed by atoms with E-state index in [9.17, 15) is 9.18 Å². The number of nitrogens with one attached hydrogen (secondary N) is 1. The number of benzene rings is 1. The Bertz CT molecular complexity index is 731. The van der Waals surface area contributed by atoms with E-state index in [1.807, 2.05) is 6.92 Å². The highest BCUT2D eigenvalue weighted by Crippen LogP contribution is 2.35. The Kier molecular flexibility index (Phi) is 3.59. The molecule has 112 valence electrons. The molecule has 0 bridgehead atoms. The van der Waals surface area contributed by atoms with Gasteiger partial charge in [0.2, 0.25) is 0 Å². The standard InChI is InChI=1S/C14H14Cl2FN3O/c1-6-4-7(18)5-20(6)14(21)13-12(16)10-9(19-13)3-2-8(17)11(10)15/h2-3,6-7,19H,4-5,18H2,1H3/t6-,7+/m0/s1. The van der Waals surface area contributed by atoms with Crippen molar-refractivity contribution < 1.29 is 9.18 Å². The van der Waals surface area contributed by atoms with Gasteiger partial charge in [-0.2, -0.15) is 0 Å². The van der Waals surface area contributed by atoms with Gasteiger partial charge in [-0.05, 0) is 25.5 Å². The van der Waals surface area contributed by atoms with Gasteiger partial charge in [0.15, 0.2) is 0 Å². The van der Waals surface area contributed by atoms with Crippen molar-refractivity contribution in [3.63, 3.8) is 0 Å². The van der Waals surface area contributed by atoms with Crippen LogP contribution in [0.15, 0.2) is 12.1 Å².